The summed E-state index contributed by atoms with van der Waals surface area (Å²) in [5.74, 6) is 0. The van der Waals surface area contributed by atoms with E-state index in [2.05, 4.69) is 9.97 Å². The van der Waals surface area contributed by atoms with Crippen molar-refractivity contribution in [3.63, 3.8) is 0 Å². The van der Waals surface area contributed by atoms with Gasteiger partial charge in [-0.2, -0.15) is 0 Å². The Morgan fingerprint density at radius 1 is 1.00 bits per heavy atom. The number of hydrogen-bond acceptors (Lipinski definition) is 5. The number of rotatable bonds is 4. The maximum absolute atomic E-state index is 12.1. The van der Waals surface area contributed by atoms with Gasteiger partial charge in [-0.05, 0) is 23.8 Å². The maximum atomic E-state index is 12.1. The van der Waals surface area contributed by atoms with E-state index in [9.17, 15) is 13.5 Å². The Labute approximate surface area is 179 Å². The highest BCUT2D eigenvalue weighted by Gasteiger charge is 2.22. The summed E-state index contributed by atoms with van der Waals surface area (Å²) in [5, 5.41) is 9.49. The van der Waals surface area contributed by atoms with Gasteiger partial charge in [-0.3, -0.25) is 9.97 Å². The minimum atomic E-state index is -3.77. The Kier molecular flexibility index (Phi) is 5.99. The summed E-state index contributed by atoms with van der Waals surface area (Å²) in [6.07, 6.45) is 3.92. The van der Waals surface area contributed by atoms with Crippen LogP contribution in [0.3, 0.4) is 0 Å². The van der Waals surface area contributed by atoms with Crippen LogP contribution in [0, 0.1) is 0 Å². The first-order valence-corrected chi connectivity index (χ1v) is 10.5. The molecule has 2 aromatic heterocycles. The predicted molar refractivity (Wildman–Crippen MR) is 118 cm³/mol. The van der Waals surface area contributed by atoms with Crippen molar-refractivity contribution >= 4 is 74.7 Å². The number of aromatic nitrogens is 2. The van der Waals surface area contributed by atoms with Crippen molar-refractivity contribution in [3.05, 3.63) is 41.3 Å². The van der Waals surface area contributed by atoms with Crippen molar-refractivity contribution in [3.8, 4) is 22.4 Å². The van der Waals surface area contributed by atoms with Crippen molar-refractivity contribution < 1.29 is 13.5 Å². The van der Waals surface area contributed by atoms with Crippen LogP contribution in [0.1, 0.15) is 5.69 Å². The average molecular weight is 414 g/mol. The van der Waals surface area contributed by atoms with Gasteiger partial charge in [0.05, 0.1) is 27.9 Å². The van der Waals surface area contributed by atoms with Crippen molar-refractivity contribution in [2.45, 2.75) is 11.5 Å². The molecule has 0 saturated carbocycles. The molecule has 0 atom stereocenters. The molecule has 0 fully saturated rings. The van der Waals surface area contributed by atoms with Crippen LogP contribution in [-0.4, -0.2) is 61.1 Å². The monoisotopic (exact) mass is 414 g/mol. The Morgan fingerprint density at radius 2 is 1.62 bits per heavy atom. The molecule has 1 aromatic carbocycles. The maximum Gasteiger partial charge on any atom is 0.174 e. The van der Waals surface area contributed by atoms with Crippen LogP contribution in [0.5, 0.6) is 0 Å². The van der Waals surface area contributed by atoms with Crippen LogP contribution in [-0.2, 0) is 16.4 Å². The highest BCUT2D eigenvalue weighted by atomic mass is 35.5. The Balaban J connectivity index is 2.36. The summed E-state index contributed by atoms with van der Waals surface area (Å²) in [6, 6.07) is 4.92. The molecule has 136 valence electrons. The summed E-state index contributed by atoms with van der Waals surface area (Å²) in [6.45, 7) is -0.207. The second-order valence-corrected chi connectivity index (χ2v) is 8.77. The van der Waals surface area contributed by atoms with Crippen LogP contribution in [0.4, 0.5) is 0 Å². The van der Waals surface area contributed by atoms with Gasteiger partial charge in [0.25, 0.3) is 0 Å². The van der Waals surface area contributed by atoms with Crippen LogP contribution >= 0.6 is 11.6 Å². The molecule has 0 amide bonds. The summed E-state index contributed by atoms with van der Waals surface area (Å²) in [4.78, 5) is 8.17. The Hall–Kier alpha value is -2.02. The van der Waals surface area contributed by atoms with E-state index in [1.54, 1.807) is 18.2 Å². The second-order valence-electron chi connectivity index (χ2n) is 6.38. The summed E-state index contributed by atoms with van der Waals surface area (Å²) < 4.78 is 24.2. The third kappa shape index (κ3) is 4.02. The molecule has 0 aliphatic carbocycles. The first-order valence-electron chi connectivity index (χ1n) is 8.24. The van der Waals surface area contributed by atoms with Gasteiger partial charge in [0.2, 0.25) is 0 Å². The molecular formula is C18H11B4ClN2O3S. The van der Waals surface area contributed by atoms with Crippen LogP contribution < -0.4 is 21.9 Å². The number of aliphatic hydroxyl groups is 1. The van der Waals surface area contributed by atoms with E-state index in [4.69, 9.17) is 43.0 Å². The predicted octanol–water partition coefficient (Wildman–Crippen LogP) is -1.46. The Bertz CT molecular complexity index is 1190. The lowest BCUT2D eigenvalue weighted by atomic mass is 9.65. The molecular weight excluding hydrogens is 403 g/mol. The number of nitrogens with zero attached hydrogens (tertiary/aromatic N) is 2. The SMILES string of the molecule is [B]c1c([B])c(S(C)(=O)=O)c([B])c([B])c1-c1cc(Cl)cnc1-c1ccc(CO)nc1. The zero-order chi connectivity index (χ0) is 21.5. The lowest BCUT2D eigenvalue weighted by molar-refractivity contribution is 0.277. The summed E-state index contributed by atoms with van der Waals surface area (Å²) in [5.41, 5.74) is 1.63. The quantitative estimate of drug-likeness (QED) is 0.528. The molecule has 3 rings (SSSR count). The first kappa shape index (κ1) is 21.7. The fraction of sp³-hybridized carbons (Fsp3) is 0.111. The standard InChI is InChI=1S/C18H11B4ClN2O3S/c1-29(27,28)18-15(21)13(19)12(14(20)16(18)22)11-4-9(23)6-25-17(11)8-2-3-10(7-26)24-5-8/h2-6,26H,7H2,1H3. The zero-order valence-corrected chi connectivity index (χ0v) is 16.9. The second kappa shape index (κ2) is 8.01. The number of sulfone groups is 1. The van der Waals surface area contributed by atoms with Crippen molar-refractivity contribution in [1.29, 1.82) is 0 Å². The minimum absolute atomic E-state index is 0.0534. The van der Waals surface area contributed by atoms with Crippen molar-refractivity contribution in [1.82, 2.24) is 9.97 Å². The van der Waals surface area contributed by atoms with E-state index < -0.39 is 9.84 Å². The smallest absolute Gasteiger partial charge is 0.174 e. The number of benzene rings is 1. The Morgan fingerprint density at radius 3 is 2.10 bits per heavy atom. The van der Waals surface area contributed by atoms with Crippen molar-refractivity contribution in [2.75, 3.05) is 6.26 Å². The number of hydrogen-bond donors (Lipinski definition) is 1. The fourth-order valence-electron chi connectivity index (χ4n) is 3.01. The summed E-state index contributed by atoms with van der Waals surface area (Å²) in [7, 11) is 20.6. The number of halogens is 1. The molecule has 5 nitrogen and oxygen atoms in total. The highest BCUT2D eigenvalue weighted by Crippen LogP contribution is 2.30. The van der Waals surface area contributed by atoms with Crippen LogP contribution in [0.25, 0.3) is 22.4 Å². The fourth-order valence-corrected chi connectivity index (χ4v) is 4.19. The van der Waals surface area contributed by atoms with Crippen LogP contribution in [0.2, 0.25) is 5.02 Å². The van der Waals surface area contributed by atoms with E-state index in [-0.39, 0.29) is 38.9 Å². The highest BCUT2D eigenvalue weighted by molar-refractivity contribution is 7.91. The van der Waals surface area contributed by atoms with E-state index in [1.807, 2.05) is 0 Å². The van der Waals surface area contributed by atoms with Gasteiger partial charge in [-0.25, -0.2) is 8.42 Å². The number of pyridine rings is 2. The van der Waals surface area contributed by atoms with Gasteiger partial charge in [0, 0.05) is 29.8 Å². The molecule has 29 heavy (non-hydrogen) atoms. The molecule has 0 spiro atoms. The first-order chi connectivity index (χ1) is 13.6. The minimum Gasteiger partial charge on any atom is -0.390 e. The van der Waals surface area contributed by atoms with Crippen LogP contribution in [0.15, 0.2) is 35.5 Å². The van der Waals surface area contributed by atoms with Gasteiger partial charge in [-0.15, -0.1) is 0 Å². The third-order valence-corrected chi connectivity index (χ3v) is 5.75. The zero-order valence-electron chi connectivity index (χ0n) is 15.3. The van der Waals surface area contributed by atoms with Gasteiger partial charge >= 0.3 is 0 Å². The van der Waals surface area contributed by atoms with E-state index in [1.165, 1.54) is 12.4 Å². The van der Waals surface area contributed by atoms with E-state index in [0.29, 0.717) is 27.5 Å². The van der Waals surface area contributed by atoms with Gasteiger partial charge in [0.1, 0.15) is 31.4 Å². The van der Waals surface area contributed by atoms with Crippen molar-refractivity contribution in [2.24, 2.45) is 0 Å². The average Bonchev–Trinajstić information content (AvgIpc) is 2.66. The molecule has 2 heterocycles. The molecule has 0 aliphatic heterocycles. The number of aliphatic hydroxyl groups excluding tert-OH is 1. The van der Waals surface area contributed by atoms with E-state index in [0.717, 1.165) is 6.26 Å². The molecule has 3 aromatic rings. The van der Waals surface area contributed by atoms with Gasteiger partial charge in [-0.1, -0.05) is 33.5 Å². The molecule has 0 saturated heterocycles. The van der Waals surface area contributed by atoms with E-state index >= 15 is 0 Å². The topological polar surface area (TPSA) is 80.2 Å². The third-order valence-electron chi connectivity index (χ3n) is 4.36. The normalized spacial score (nSPS) is 11.6. The van der Waals surface area contributed by atoms with Gasteiger partial charge < -0.3 is 5.11 Å². The molecule has 11 heteroatoms. The molecule has 0 aliphatic rings. The lowest BCUT2D eigenvalue weighted by Crippen LogP contribution is -2.47. The lowest BCUT2D eigenvalue weighted by Gasteiger charge is -2.23. The summed E-state index contributed by atoms with van der Waals surface area (Å²) >= 11 is 6.14. The largest absolute Gasteiger partial charge is 0.390 e. The molecule has 0 unspecified atom stereocenters. The molecule has 8 radical (unpaired) electrons. The molecule has 1 N–H and O–H groups in total. The van der Waals surface area contributed by atoms with Gasteiger partial charge in [0.15, 0.2) is 9.84 Å². The molecule has 0 bridgehead atoms.